The molecule has 0 atom stereocenters. The molecule has 0 aliphatic heterocycles. The maximum Gasteiger partial charge on any atom is 0.342 e. The Morgan fingerprint density at radius 1 is 1.07 bits per heavy atom. The Morgan fingerprint density at radius 2 is 1.80 bits per heavy atom. The van der Waals surface area contributed by atoms with Crippen molar-refractivity contribution >= 4 is 50.7 Å². The van der Waals surface area contributed by atoms with Crippen molar-refractivity contribution < 1.29 is 31.9 Å². The Morgan fingerprint density at radius 3 is 2.45 bits per heavy atom. The maximum absolute atomic E-state index is 12.2. The van der Waals surface area contributed by atoms with E-state index in [1.54, 1.807) is 54.9 Å². The number of hydrogen-bond donors (Lipinski definition) is 2. The summed E-state index contributed by atoms with van der Waals surface area (Å²) in [5.74, 6) is -0.566. The molecule has 2 aromatic heterocycles. The predicted molar refractivity (Wildman–Crippen MR) is 150 cm³/mol. The number of carbonyl (C=O) groups excluding carboxylic acids is 1. The normalized spacial score (nSPS) is 10.8. The summed E-state index contributed by atoms with van der Waals surface area (Å²) in [6.07, 6.45) is 6.06. The fraction of sp³-hybridized carbons (Fsp3) is 0.192. The molecule has 2 N–H and O–H groups in total. The number of rotatable bonds is 9. The zero-order chi connectivity index (χ0) is 29.1. The first kappa shape index (κ1) is 30.9. The quantitative estimate of drug-likeness (QED) is 0.0889. The molecule has 2 aromatic carbocycles. The van der Waals surface area contributed by atoms with Crippen LogP contribution in [0, 0.1) is 6.92 Å². The van der Waals surface area contributed by atoms with Gasteiger partial charge in [-0.1, -0.05) is 46.1 Å². The molecule has 210 valence electrons. The van der Waals surface area contributed by atoms with Crippen molar-refractivity contribution in [2.24, 2.45) is 0 Å². The van der Waals surface area contributed by atoms with E-state index < -0.39 is 22.0 Å². The average molecular weight is 607 g/mol. The van der Waals surface area contributed by atoms with E-state index >= 15 is 0 Å². The fourth-order valence-electron chi connectivity index (χ4n) is 3.14. The molecule has 0 aliphatic carbocycles. The standard InChI is InChI=1S/C17H17Cl2NO3.C9H8N4O3S/c1-3-22-10-23-17(21)12-6-4-5-7-14(12)20-16-13(18)9-8-11(2)15(16)19;14-17(15,16)7-13-5-2-8(6-12-13)9-10-3-1-4-11-9/h4-9,20H,3,10H2,1-2H3;1-6H,7H2/p+1. The first-order valence-corrected chi connectivity index (χ1v) is 14.1. The van der Waals surface area contributed by atoms with E-state index in [0.29, 0.717) is 45.0 Å². The highest BCUT2D eigenvalue weighted by molar-refractivity contribution is 7.84. The minimum Gasteiger partial charge on any atom is -0.435 e. The summed E-state index contributed by atoms with van der Waals surface area (Å²) < 4.78 is 41.1. The van der Waals surface area contributed by atoms with E-state index in [0.717, 1.165) is 10.2 Å². The molecule has 0 unspecified atom stereocenters. The molecule has 40 heavy (non-hydrogen) atoms. The number of benzene rings is 2. The van der Waals surface area contributed by atoms with Gasteiger partial charge >= 0.3 is 16.1 Å². The van der Waals surface area contributed by atoms with Crippen molar-refractivity contribution in [1.29, 1.82) is 0 Å². The van der Waals surface area contributed by atoms with Crippen LogP contribution in [0.5, 0.6) is 0 Å². The van der Waals surface area contributed by atoms with E-state index in [1.807, 2.05) is 19.9 Å². The van der Waals surface area contributed by atoms with Crippen LogP contribution in [0.2, 0.25) is 10.0 Å². The van der Waals surface area contributed by atoms with Gasteiger partial charge in [0, 0.05) is 30.6 Å². The third-order valence-electron chi connectivity index (χ3n) is 5.06. The molecule has 0 aliphatic rings. The van der Waals surface area contributed by atoms with Gasteiger partial charge in [-0.15, -0.1) is 0 Å². The van der Waals surface area contributed by atoms with Gasteiger partial charge in [0.2, 0.25) is 0 Å². The summed E-state index contributed by atoms with van der Waals surface area (Å²) >= 11 is 12.5. The van der Waals surface area contributed by atoms with Crippen LogP contribution in [0.1, 0.15) is 22.8 Å². The van der Waals surface area contributed by atoms with Gasteiger partial charge in [-0.2, -0.15) is 8.42 Å². The highest BCUT2D eigenvalue weighted by Crippen LogP contribution is 2.36. The average Bonchev–Trinajstić information content (AvgIpc) is 2.94. The Labute approximate surface area is 241 Å². The van der Waals surface area contributed by atoms with Gasteiger partial charge in [0.05, 0.1) is 27.0 Å². The number of nitrogens with one attached hydrogen (secondary N) is 1. The van der Waals surface area contributed by atoms with E-state index in [1.165, 1.54) is 12.4 Å². The Hall–Kier alpha value is -3.68. The lowest BCUT2D eigenvalue weighted by atomic mass is 10.1. The molecule has 14 heteroatoms. The number of carbonyl (C=O) groups is 1. The van der Waals surface area contributed by atoms with Crippen LogP contribution >= 0.6 is 23.2 Å². The molecule has 0 saturated heterocycles. The smallest absolute Gasteiger partial charge is 0.342 e. The van der Waals surface area contributed by atoms with Crippen molar-refractivity contribution in [2.75, 3.05) is 18.7 Å². The summed E-state index contributed by atoms with van der Waals surface area (Å²) in [6.45, 7) is 4.09. The second kappa shape index (κ2) is 14.6. The van der Waals surface area contributed by atoms with Crippen LogP contribution in [0.4, 0.5) is 11.4 Å². The van der Waals surface area contributed by atoms with Crippen LogP contribution < -0.4 is 10.00 Å². The van der Waals surface area contributed by atoms with Crippen LogP contribution in [0.3, 0.4) is 0 Å². The second-order valence-corrected chi connectivity index (χ2v) is 10.2. The van der Waals surface area contributed by atoms with Crippen LogP contribution in [-0.4, -0.2) is 47.4 Å². The summed E-state index contributed by atoms with van der Waals surface area (Å²) in [4.78, 5) is 20.2. The van der Waals surface area contributed by atoms with E-state index in [4.69, 9.17) is 37.2 Å². The topological polar surface area (TPSA) is 144 Å². The first-order chi connectivity index (χ1) is 19.1. The van der Waals surface area contributed by atoms with Crippen molar-refractivity contribution in [3.8, 4) is 11.4 Å². The third-order valence-corrected chi connectivity index (χ3v) is 6.45. The fourth-order valence-corrected chi connectivity index (χ4v) is 4.09. The first-order valence-electron chi connectivity index (χ1n) is 11.7. The molecule has 0 fully saturated rings. The monoisotopic (exact) mass is 606 g/mol. The zero-order valence-corrected chi connectivity index (χ0v) is 23.8. The molecule has 4 aromatic rings. The molecule has 4 rings (SSSR count). The summed E-state index contributed by atoms with van der Waals surface area (Å²) in [7, 11) is -4.09. The molecule has 2 heterocycles. The number of anilines is 2. The van der Waals surface area contributed by atoms with Gasteiger partial charge in [0.25, 0.3) is 5.88 Å². The molecular weight excluding hydrogens is 581 g/mol. The molecule has 0 bridgehead atoms. The molecule has 0 radical (unpaired) electrons. The van der Waals surface area contributed by atoms with Gasteiger partial charge in [0.1, 0.15) is 6.20 Å². The summed E-state index contributed by atoms with van der Waals surface area (Å²) in [5, 5.41) is 7.93. The van der Waals surface area contributed by atoms with E-state index in [9.17, 15) is 13.2 Å². The van der Waals surface area contributed by atoms with Crippen molar-refractivity contribution in [3.63, 3.8) is 0 Å². The highest BCUT2D eigenvalue weighted by atomic mass is 35.5. The minimum absolute atomic E-state index is 0.0877. The largest absolute Gasteiger partial charge is 0.435 e. The van der Waals surface area contributed by atoms with Crippen molar-refractivity contribution in [3.05, 3.63) is 94.5 Å². The number of para-hydroxylation sites is 1. The lowest BCUT2D eigenvalue weighted by Gasteiger charge is -2.15. The Balaban J connectivity index is 0.000000230. The van der Waals surface area contributed by atoms with Crippen LogP contribution in [-0.2, 0) is 25.5 Å². The van der Waals surface area contributed by atoms with Gasteiger partial charge < -0.3 is 14.8 Å². The van der Waals surface area contributed by atoms with Gasteiger partial charge in [-0.05, 0) is 48.8 Å². The van der Waals surface area contributed by atoms with E-state index in [-0.39, 0.29) is 6.79 Å². The zero-order valence-electron chi connectivity index (χ0n) is 21.5. The van der Waals surface area contributed by atoms with Gasteiger partial charge in [-0.25, -0.2) is 14.8 Å². The molecule has 11 nitrogen and oxygen atoms in total. The minimum atomic E-state index is -4.09. The number of hydrogen-bond acceptors (Lipinski definition) is 9. The molecule has 0 amide bonds. The number of nitrogens with zero attached hydrogens (tertiary/aromatic N) is 4. The van der Waals surface area contributed by atoms with Gasteiger partial charge in [-0.3, -0.25) is 4.55 Å². The third kappa shape index (κ3) is 9.21. The Bertz CT molecular complexity index is 1540. The predicted octanol–water partition coefficient (Wildman–Crippen LogP) is 4.87. The summed E-state index contributed by atoms with van der Waals surface area (Å²) in [5.41, 5.74) is 3.04. The Kier molecular flexibility index (Phi) is 11.3. The highest BCUT2D eigenvalue weighted by Gasteiger charge is 2.16. The number of ether oxygens (including phenoxy) is 2. The molecule has 0 spiro atoms. The molecular formula is C26H26Cl2N5O6S+. The number of halogens is 2. The number of aromatic nitrogens is 4. The SMILES string of the molecule is CCOCOC(=O)c1ccccc1Nc1c(Cl)ccc(C)c1Cl.O=S(=O)(O)C[n+]1ccc(-c2ncccn2)cn1. The van der Waals surface area contributed by atoms with Crippen molar-refractivity contribution in [1.82, 2.24) is 15.1 Å². The summed E-state index contributed by atoms with van der Waals surface area (Å²) in [6, 6.07) is 13.9. The van der Waals surface area contributed by atoms with Gasteiger partial charge in [0.15, 0.2) is 18.8 Å². The lowest BCUT2D eigenvalue weighted by molar-refractivity contribution is -0.736. The maximum atomic E-state index is 12.2. The van der Waals surface area contributed by atoms with Crippen LogP contribution in [0.25, 0.3) is 11.4 Å². The second-order valence-electron chi connectivity index (χ2n) is 8.00. The lowest BCUT2D eigenvalue weighted by Crippen LogP contribution is -2.40. The number of aryl methyl sites for hydroxylation is 1. The van der Waals surface area contributed by atoms with Crippen LogP contribution in [0.15, 0.2) is 73.3 Å². The molecule has 0 saturated carbocycles. The number of esters is 1. The van der Waals surface area contributed by atoms with Crippen molar-refractivity contribution in [2.45, 2.75) is 19.7 Å². The van der Waals surface area contributed by atoms with E-state index in [2.05, 4.69) is 20.4 Å².